The van der Waals surface area contributed by atoms with Gasteiger partial charge in [-0.25, -0.2) is 4.98 Å². The number of rotatable bonds is 5. The van der Waals surface area contributed by atoms with E-state index in [9.17, 15) is 4.79 Å². The number of ether oxygens (including phenoxy) is 1. The summed E-state index contributed by atoms with van der Waals surface area (Å²) in [6.45, 7) is 1.70. The summed E-state index contributed by atoms with van der Waals surface area (Å²) >= 11 is 1.43. The number of benzene rings is 1. The van der Waals surface area contributed by atoms with Crippen LogP contribution in [0.15, 0.2) is 35.7 Å². The van der Waals surface area contributed by atoms with Gasteiger partial charge < -0.3 is 4.74 Å². The fraction of sp³-hybridized carbons (Fsp3) is 0.286. The van der Waals surface area contributed by atoms with Crippen molar-refractivity contribution < 1.29 is 9.53 Å². The highest BCUT2D eigenvalue weighted by atomic mass is 32.1. The maximum absolute atomic E-state index is 11.6. The zero-order chi connectivity index (χ0) is 13.7. The van der Waals surface area contributed by atoms with Gasteiger partial charge in [-0.1, -0.05) is 30.3 Å². The van der Waals surface area contributed by atoms with Crippen molar-refractivity contribution in [3.8, 4) is 0 Å². The Kier molecular flexibility index (Phi) is 4.65. The molecule has 100 valence electrons. The Bertz CT molecular complexity index is 539. The van der Waals surface area contributed by atoms with E-state index < -0.39 is 6.10 Å². The van der Waals surface area contributed by atoms with Crippen LogP contribution in [0.5, 0.6) is 0 Å². The first-order valence-corrected chi connectivity index (χ1v) is 6.89. The molecule has 0 aliphatic carbocycles. The van der Waals surface area contributed by atoms with E-state index in [4.69, 9.17) is 4.74 Å². The van der Waals surface area contributed by atoms with E-state index in [1.54, 1.807) is 6.92 Å². The van der Waals surface area contributed by atoms with Gasteiger partial charge in [0.2, 0.25) is 0 Å². The lowest BCUT2D eigenvalue weighted by Crippen LogP contribution is -2.26. The molecule has 0 spiro atoms. The number of nitrogens with one attached hydrogen (secondary N) is 1. The van der Waals surface area contributed by atoms with Gasteiger partial charge in [0, 0.05) is 18.9 Å². The maximum Gasteiger partial charge on any atom is 0.254 e. The van der Waals surface area contributed by atoms with Gasteiger partial charge in [-0.15, -0.1) is 11.3 Å². The SMILES string of the molecule is CO[C@H](C)C(=O)Nc1nc(Cc2ccccc2)cs1. The number of nitrogens with zero attached hydrogens (tertiary/aromatic N) is 1. The molecule has 2 aromatic rings. The number of aromatic nitrogens is 1. The topological polar surface area (TPSA) is 51.2 Å². The first-order chi connectivity index (χ1) is 9.19. The van der Waals surface area contributed by atoms with Gasteiger partial charge in [0.25, 0.3) is 5.91 Å². The molecule has 1 aromatic heterocycles. The summed E-state index contributed by atoms with van der Waals surface area (Å²) in [5.41, 5.74) is 2.16. The minimum atomic E-state index is -0.471. The van der Waals surface area contributed by atoms with Crippen LogP contribution >= 0.6 is 11.3 Å². The zero-order valence-corrected chi connectivity index (χ0v) is 11.7. The number of amides is 1. The first kappa shape index (κ1) is 13.7. The summed E-state index contributed by atoms with van der Waals surface area (Å²) in [5.74, 6) is -0.178. The second kappa shape index (κ2) is 6.45. The van der Waals surface area contributed by atoms with E-state index in [0.29, 0.717) is 5.13 Å². The summed E-state index contributed by atoms with van der Waals surface area (Å²) in [4.78, 5) is 16.0. The number of anilines is 1. The average molecular weight is 276 g/mol. The molecule has 1 atom stereocenters. The molecule has 0 aliphatic rings. The molecular formula is C14H16N2O2S. The number of thiazole rings is 1. The quantitative estimate of drug-likeness (QED) is 0.913. The lowest BCUT2D eigenvalue weighted by molar-refractivity contribution is -0.124. The van der Waals surface area contributed by atoms with Crippen LogP contribution < -0.4 is 5.32 Å². The van der Waals surface area contributed by atoms with Crippen LogP contribution in [-0.4, -0.2) is 24.1 Å². The molecule has 0 radical (unpaired) electrons. The number of hydrogen-bond acceptors (Lipinski definition) is 4. The molecule has 0 aliphatic heterocycles. The van der Waals surface area contributed by atoms with Gasteiger partial charge in [0.1, 0.15) is 6.10 Å². The van der Waals surface area contributed by atoms with Crippen molar-refractivity contribution in [1.82, 2.24) is 4.98 Å². The molecule has 0 unspecified atom stereocenters. The monoisotopic (exact) mass is 276 g/mol. The standard InChI is InChI=1S/C14H16N2O2S/c1-10(18-2)13(17)16-14-15-12(9-19-14)8-11-6-4-3-5-7-11/h3-7,9-10H,8H2,1-2H3,(H,15,16,17)/t10-/m1/s1. The molecular weight excluding hydrogens is 260 g/mol. The van der Waals surface area contributed by atoms with Crippen molar-refractivity contribution in [1.29, 1.82) is 0 Å². The molecule has 0 bridgehead atoms. The largest absolute Gasteiger partial charge is 0.372 e. The van der Waals surface area contributed by atoms with Gasteiger partial charge in [-0.3, -0.25) is 10.1 Å². The summed E-state index contributed by atoms with van der Waals surface area (Å²) in [5, 5.41) is 5.31. The lowest BCUT2D eigenvalue weighted by atomic mass is 10.1. The third kappa shape index (κ3) is 3.87. The van der Waals surface area contributed by atoms with Gasteiger partial charge in [-0.05, 0) is 12.5 Å². The molecule has 0 saturated carbocycles. The van der Waals surface area contributed by atoms with Crippen LogP contribution in [0, 0.1) is 0 Å². The van der Waals surface area contributed by atoms with E-state index in [-0.39, 0.29) is 5.91 Å². The van der Waals surface area contributed by atoms with Gasteiger partial charge in [0.15, 0.2) is 5.13 Å². The minimum absolute atomic E-state index is 0.178. The van der Waals surface area contributed by atoms with Crippen molar-refractivity contribution in [2.75, 3.05) is 12.4 Å². The fourth-order valence-corrected chi connectivity index (χ4v) is 2.28. The highest BCUT2D eigenvalue weighted by molar-refractivity contribution is 7.13. The summed E-state index contributed by atoms with van der Waals surface area (Å²) in [6, 6.07) is 10.1. The fourth-order valence-electron chi connectivity index (χ4n) is 1.56. The van der Waals surface area contributed by atoms with Crippen LogP contribution in [0.2, 0.25) is 0 Å². The van der Waals surface area contributed by atoms with Crippen LogP contribution in [0.25, 0.3) is 0 Å². The molecule has 1 N–H and O–H groups in total. The Balaban J connectivity index is 1.98. The Morgan fingerprint density at radius 2 is 2.16 bits per heavy atom. The first-order valence-electron chi connectivity index (χ1n) is 6.01. The van der Waals surface area contributed by atoms with Crippen molar-refractivity contribution in [2.24, 2.45) is 0 Å². The molecule has 5 heteroatoms. The third-order valence-electron chi connectivity index (χ3n) is 2.73. The van der Waals surface area contributed by atoms with Crippen LogP contribution in [0.3, 0.4) is 0 Å². The lowest BCUT2D eigenvalue weighted by Gasteiger charge is -2.07. The van der Waals surface area contributed by atoms with Gasteiger partial charge >= 0.3 is 0 Å². The molecule has 0 saturated heterocycles. The van der Waals surface area contributed by atoms with Crippen molar-refractivity contribution in [2.45, 2.75) is 19.4 Å². The number of methoxy groups -OCH3 is 1. The van der Waals surface area contributed by atoms with Crippen molar-refractivity contribution in [3.63, 3.8) is 0 Å². The highest BCUT2D eigenvalue weighted by Crippen LogP contribution is 2.18. The Morgan fingerprint density at radius 3 is 2.84 bits per heavy atom. The van der Waals surface area contributed by atoms with E-state index >= 15 is 0 Å². The van der Waals surface area contributed by atoms with E-state index in [2.05, 4.69) is 22.4 Å². The molecule has 1 aromatic carbocycles. The average Bonchev–Trinajstić information content (AvgIpc) is 2.86. The molecule has 1 heterocycles. The summed E-state index contributed by atoms with van der Waals surface area (Å²) in [6.07, 6.45) is 0.300. The van der Waals surface area contributed by atoms with E-state index in [1.165, 1.54) is 24.0 Å². The summed E-state index contributed by atoms with van der Waals surface area (Å²) < 4.78 is 4.95. The van der Waals surface area contributed by atoms with E-state index in [1.807, 2.05) is 23.6 Å². The minimum Gasteiger partial charge on any atom is -0.372 e. The Hall–Kier alpha value is -1.72. The van der Waals surface area contributed by atoms with Gasteiger partial charge in [0.05, 0.1) is 5.69 Å². The van der Waals surface area contributed by atoms with Gasteiger partial charge in [-0.2, -0.15) is 0 Å². The zero-order valence-electron chi connectivity index (χ0n) is 10.9. The molecule has 2 rings (SSSR count). The molecule has 0 fully saturated rings. The maximum atomic E-state index is 11.6. The Morgan fingerprint density at radius 1 is 1.42 bits per heavy atom. The Labute approximate surface area is 116 Å². The number of carbonyl (C=O) groups is 1. The van der Waals surface area contributed by atoms with Crippen LogP contribution in [0.1, 0.15) is 18.2 Å². The highest BCUT2D eigenvalue weighted by Gasteiger charge is 2.13. The number of carbonyl (C=O) groups excluding carboxylic acids is 1. The van der Waals surface area contributed by atoms with E-state index in [0.717, 1.165) is 12.1 Å². The molecule has 4 nitrogen and oxygen atoms in total. The predicted molar refractivity (Wildman–Crippen MR) is 76.5 cm³/mol. The summed E-state index contributed by atoms with van der Waals surface area (Å²) in [7, 11) is 1.51. The second-order valence-electron chi connectivity index (χ2n) is 4.17. The molecule has 1 amide bonds. The van der Waals surface area contributed by atoms with Crippen LogP contribution in [-0.2, 0) is 16.0 Å². The number of hydrogen-bond donors (Lipinski definition) is 1. The third-order valence-corrected chi connectivity index (χ3v) is 3.54. The normalized spacial score (nSPS) is 12.1. The second-order valence-corrected chi connectivity index (χ2v) is 5.03. The molecule has 19 heavy (non-hydrogen) atoms. The van der Waals surface area contributed by atoms with Crippen molar-refractivity contribution in [3.05, 3.63) is 47.0 Å². The smallest absolute Gasteiger partial charge is 0.254 e. The van der Waals surface area contributed by atoms with Crippen molar-refractivity contribution >= 4 is 22.4 Å². The predicted octanol–water partition coefficient (Wildman–Crippen LogP) is 2.71. The van der Waals surface area contributed by atoms with Crippen LogP contribution in [0.4, 0.5) is 5.13 Å².